The first-order valence-electron chi connectivity index (χ1n) is 3.98. The van der Waals surface area contributed by atoms with E-state index in [4.69, 9.17) is 10.00 Å². The minimum Gasteiger partial charge on any atom is -0.496 e. The molecule has 0 aromatic heterocycles. The van der Waals surface area contributed by atoms with E-state index in [9.17, 15) is 0 Å². The number of hydrogen-bond acceptors (Lipinski definition) is 2. The van der Waals surface area contributed by atoms with Crippen molar-refractivity contribution < 1.29 is 4.74 Å². The van der Waals surface area contributed by atoms with Gasteiger partial charge >= 0.3 is 0 Å². The average Bonchev–Trinajstić information content (AvgIpc) is 2.16. The van der Waals surface area contributed by atoms with Crippen LogP contribution < -0.4 is 4.74 Å². The molecule has 0 unspecified atom stereocenters. The maximum absolute atomic E-state index is 8.34. The molecule has 0 heterocycles. The summed E-state index contributed by atoms with van der Waals surface area (Å²) in [6, 6.07) is 7.77. The van der Waals surface area contributed by atoms with Crippen LogP contribution in [0.3, 0.4) is 0 Å². The predicted molar refractivity (Wildman–Crippen MR) is 52.4 cm³/mol. The molecule has 13 heavy (non-hydrogen) atoms. The second-order valence-electron chi connectivity index (χ2n) is 2.69. The Morgan fingerprint density at radius 3 is 2.85 bits per heavy atom. The van der Waals surface area contributed by atoms with Crippen molar-refractivity contribution in [1.82, 2.24) is 0 Å². The van der Waals surface area contributed by atoms with E-state index in [0.717, 1.165) is 16.9 Å². The molecule has 0 bridgehead atoms. The molecule has 0 aliphatic heterocycles. The third kappa shape index (κ3) is 2.34. The summed E-state index contributed by atoms with van der Waals surface area (Å²) < 4.78 is 5.15. The molecule has 1 rings (SSSR count). The molecular weight excluding hydrogens is 162 g/mol. The lowest BCUT2D eigenvalue weighted by Gasteiger charge is -2.04. The minimum absolute atomic E-state index is 0.847. The molecule has 0 saturated carbocycles. The van der Waals surface area contributed by atoms with Crippen LogP contribution in [0.5, 0.6) is 5.75 Å². The second kappa shape index (κ2) is 4.32. The van der Waals surface area contributed by atoms with Gasteiger partial charge in [0.1, 0.15) is 5.75 Å². The number of nitriles is 1. The van der Waals surface area contributed by atoms with E-state index < -0.39 is 0 Å². The smallest absolute Gasteiger partial charge is 0.122 e. The quantitative estimate of drug-likeness (QED) is 0.644. The Kier molecular flexibility index (Phi) is 3.10. The largest absolute Gasteiger partial charge is 0.496 e. The monoisotopic (exact) mass is 173 g/mol. The van der Waals surface area contributed by atoms with E-state index in [1.54, 1.807) is 13.2 Å². The minimum atomic E-state index is 0.847. The van der Waals surface area contributed by atoms with E-state index in [2.05, 4.69) is 0 Å². The number of ether oxygens (including phenoxy) is 1. The van der Waals surface area contributed by atoms with Crippen molar-refractivity contribution >= 4 is 6.08 Å². The highest BCUT2D eigenvalue weighted by Gasteiger charge is 1.96. The Labute approximate surface area is 78.1 Å². The fraction of sp³-hybridized carbons (Fsp3) is 0.182. The molecular formula is C11H11NO. The number of allylic oxidation sites excluding steroid dienone is 1. The maximum atomic E-state index is 8.34. The molecule has 1 aromatic rings. The number of hydrogen-bond donors (Lipinski definition) is 0. The lowest BCUT2D eigenvalue weighted by molar-refractivity contribution is 0.411. The van der Waals surface area contributed by atoms with Gasteiger partial charge in [0.15, 0.2) is 0 Å². The summed E-state index contributed by atoms with van der Waals surface area (Å²) in [4.78, 5) is 0. The van der Waals surface area contributed by atoms with Gasteiger partial charge < -0.3 is 4.74 Å². The first-order chi connectivity index (χ1) is 6.27. The van der Waals surface area contributed by atoms with Gasteiger partial charge in [-0.3, -0.25) is 0 Å². The standard InChI is InChI=1S/C11H11NO/c1-9-5-6-10(4-3-7-12)8-11(9)13-2/h3-6,8H,1-2H3/b4-3+. The van der Waals surface area contributed by atoms with Crippen molar-refractivity contribution in [2.75, 3.05) is 7.11 Å². The van der Waals surface area contributed by atoms with Crippen LogP contribution in [0.2, 0.25) is 0 Å². The Morgan fingerprint density at radius 2 is 2.23 bits per heavy atom. The second-order valence-corrected chi connectivity index (χ2v) is 2.69. The fourth-order valence-electron chi connectivity index (χ4n) is 1.07. The molecule has 0 saturated heterocycles. The van der Waals surface area contributed by atoms with E-state index >= 15 is 0 Å². The number of nitrogens with zero attached hydrogens (tertiary/aromatic N) is 1. The molecule has 2 nitrogen and oxygen atoms in total. The number of aryl methyl sites for hydroxylation is 1. The van der Waals surface area contributed by atoms with Crippen molar-refractivity contribution in [2.24, 2.45) is 0 Å². The predicted octanol–water partition coefficient (Wildman–Crippen LogP) is 2.54. The number of benzene rings is 1. The molecule has 0 amide bonds. The highest BCUT2D eigenvalue weighted by Crippen LogP contribution is 2.19. The first-order valence-corrected chi connectivity index (χ1v) is 3.98. The normalized spacial score (nSPS) is 9.92. The van der Waals surface area contributed by atoms with Gasteiger partial charge in [-0.25, -0.2) is 0 Å². The molecule has 0 aliphatic rings. The van der Waals surface area contributed by atoms with Crippen LogP contribution >= 0.6 is 0 Å². The molecule has 0 N–H and O–H groups in total. The molecule has 0 fully saturated rings. The van der Waals surface area contributed by atoms with Crippen LogP contribution in [-0.4, -0.2) is 7.11 Å². The van der Waals surface area contributed by atoms with Gasteiger partial charge in [-0.2, -0.15) is 5.26 Å². The summed E-state index contributed by atoms with van der Waals surface area (Å²) in [7, 11) is 1.64. The SMILES string of the molecule is COc1cc(/C=C/C#N)ccc1C. The Bertz CT molecular complexity index is 361. The molecule has 0 atom stereocenters. The van der Waals surface area contributed by atoms with Gasteiger partial charge in [0.05, 0.1) is 13.2 Å². The lowest BCUT2D eigenvalue weighted by atomic mass is 10.1. The molecule has 0 spiro atoms. The van der Waals surface area contributed by atoms with E-state index in [1.807, 2.05) is 31.2 Å². The van der Waals surface area contributed by atoms with Crippen molar-refractivity contribution in [2.45, 2.75) is 6.92 Å². The third-order valence-electron chi connectivity index (χ3n) is 1.78. The summed E-state index contributed by atoms with van der Waals surface area (Å²) in [6.07, 6.45) is 3.20. The van der Waals surface area contributed by atoms with Crippen LogP contribution in [0, 0.1) is 18.3 Å². The van der Waals surface area contributed by atoms with Crippen molar-refractivity contribution in [3.05, 3.63) is 35.4 Å². The lowest BCUT2D eigenvalue weighted by Crippen LogP contribution is -1.86. The molecule has 66 valence electrons. The number of methoxy groups -OCH3 is 1. The summed E-state index contributed by atoms with van der Waals surface area (Å²) in [5.74, 6) is 0.847. The molecule has 1 aromatic carbocycles. The Morgan fingerprint density at radius 1 is 1.46 bits per heavy atom. The number of rotatable bonds is 2. The van der Waals surface area contributed by atoms with Crippen LogP contribution in [0.15, 0.2) is 24.3 Å². The summed E-state index contributed by atoms with van der Waals surface area (Å²) in [5.41, 5.74) is 2.07. The van der Waals surface area contributed by atoms with Crippen LogP contribution in [0.1, 0.15) is 11.1 Å². The van der Waals surface area contributed by atoms with E-state index in [-0.39, 0.29) is 0 Å². The zero-order valence-corrected chi connectivity index (χ0v) is 7.74. The van der Waals surface area contributed by atoms with Gasteiger partial charge in [-0.05, 0) is 30.2 Å². The molecule has 0 aliphatic carbocycles. The highest BCUT2D eigenvalue weighted by molar-refractivity contribution is 5.55. The van der Waals surface area contributed by atoms with E-state index in [0.29, 0.717) is 0 Å². The van der Waals surface area contributed by atoms with Crippen molar-refractivity contribution in [1.29, 1.82) is 5.26 Å². The van der Waals surface area contributed by atoms with Gasteiger partial charge in [0.25, 0.3) is 0 Å². The van der Waals surface area contributed by atoms with Gasteiger partial charge in [0, 0.05) is 6.08 Å². The average molecular weight is 173 g/mol. The van der Waals surface area contributed by atoms with Crippen molar-refractivity contribution in [3.8, 4) is 11.8 Å². The van der Waals surface area contributed by atoms with Crippen LogP contribution in [0.4, 0.5) is 0 Å². The van der Waals surface area contributed by atoms with E-state index in [1.165, 1.54) is 6.08 Å². The summed E-state index contributed by atoms with van der Waals surface area (Å²) >= 11 is 0. The fourth-order valence-corrected chi connectivity index (χ4v) is 1.07. The maximum Gasteiger partial charge on any atom is 0.122 e. The first kappa shape index (κ1) is 9.34. The zero-order valence-electron chi connectivity index (χ0n) is 7.74. The van der Waals surface area contributed by atoms with Gasteiger partial charge in [-0.1, -0.05) is 12.1 Å². The van der Waals surface area contributed by atoms with Crippen molar-refractivity contribution in [3.63, 3.8) is 0 Å². The summed E-state index contributed by atoms with van der Waals surface area (Å²) in [5, 5.41) is 8.34. The van der Waals surface area contributed by atoms with Gasteiger partial charge in [0.2, 0.25) is 0 Å². The summed E-state index contributed by atoms with van der Waals surface area (Å²) in [6.45, 7) is 1.98. The third-order valence-corrected chi connectivity index (χ3v) is 1.78. The van der Waals surface area contributed by atoms with Crippen LogP contribution in [0.25, 0.3) is 6.08 Å². The van der Waals surface area contributed by atoms with Gasteiger partial charge in [-0.15, -0.1) is 0 Å². The Hall–Kier alpha value is -1.75. The Balaban J connectivity index is 3.01. The zero-order chi connectivity index (χ0) is 9.68. The molecule has 2 heteroatoms. The highest BCUT2D eigenvalue weighted by atomic mass is 16.5. The molecule has 0 radical (unpaired) electrons. The topological polar surface area (TPSA) is 33.0 Å². The van der Waals surface area contributed by atoms with Crippen LogP contribution in [-0.2, 0) is 0 Å².